The van der Waals surface area contributed by atoms with Gasteiger partial charge in [-0.15, -0.1) is 0 Å². The number of benzene rings is 2. The van der Waals surface area contributed by atoms with Gasteiger partial charge in [0.15, 0.2) is 0 Å². The molecular weight excluding hydrogens is 342 g/mol. The van der Waals surface area contributed by atoms with Gasteiger partial charge in [-0.2, -0.15) is 5.10 Å². The molecule has 134 valence electrons. The fourth-order valence-electron chi connectivity index (χ4n) is 3.36. The van der Waals surface area contributed by atoms with Crippen molar-refractivity contribution in [1.29, 1.82) is 0 Å². The molecule has 26 heavy (non-hydrogen) atoms. The summed E-state index contributed by atoms with van der Waals surface area (Å²) < 4.78 is 4.60. The fraction of sp³-hybridized carbons (Fsp3) is 0.300. The summed E-state index contributed by atoms with van der Waals surface area (Å²) >= 11 is 5.62. The number of hydrogen-bond acceptors (Lipinski definition) is 4. The summed E-state index contributed by atoms with van der Waals surface area (Å²) in [6, 6.07) is 18.8. The molecule has 0 aliphatic carbocycles. The number of para-hydroxylation sites is 1. The van der Waals surface area contributed by atoms with E-state index < -0.39 is 0 Å². The van der Waals surface area contributed by atoms with Crippen molar-refractivity contribution in [3.63, 3.8) is 0 Å². The third kappa shape index (κ3) is 3.57. The van der Waals surface area contributed by atoms with Crippen LogP contribution in [-0.4, -0.2) is 45.4 Å². The van der Waals surface area contributed by atoms with Crippen LogP contribution in [0.2, 0.25) is 0 Å². The molecule has 5 nitrogen and oxygen atoms in total. The van der Waals surface area contributed by atoms with E-state index in [9.17, 15) is 0 Å². The van der Waals surface area contributed by atoms with E-state index in [1.54, 1.807) is 6.33 Å². The van der Waals surface area contributed by atoms with E-state index in [0.29, 0.717) is 0 Å². The highest BCUT2D eigenvalue weighted by Gasteiger charge is 2.18. The summed E-state index contributed by atoms with van der Waals surface area (Å²) in [7, 11) is 0. The lowest BCUT2D eigenvalue weighted by Crippen LogP contribution is -2.47. The average Bonchev–Trinajstić information content (AvgIpc) is 3.03. The third-order valence-corrected chi connectivity index (χ3v) is 5.25. The van der Waals surface area contributed by atoms with E-state index in [-0.39, 0.29) is 0 Å². The molecule has 1 aliphatic rings. The predicted molar refractivity (Wildman–Crippen MR) is 107 cm³/mol. The minimum Gasteiger partial charge on any atom is -0.369 e. The summed E-state index contributed by atoms with van der Waals surface area (Å²) in [6.07, 6.45) is 1.81. The minimum atomic E-state index is 0.734. The Morgan fingerprint density at radius 2 is 1.65 bits per heavy atom. The topological polar surface area (TPSA) is 29.2 Å². The van der Waals surface area contributed by atoms with Gasteiger partial charge in [0.1, 0.15) is 6.33 Å². The molecule has 2 heterocycles. The van der Waals surface area contributed by atoms with Crippen LogP contribution >= 0.6 is 12.2 Å². The molecule has 2 aromatic carbocycles. The minimum absolute atomic E-state index is 0.734. The first-order valence-corrected chi connectivity index (χ1v) is 9.35. The molecule has 0 atom stereocenters. The van der Waals surface area contributed by atoms with Crippen molar-refractivity contribution < 1.29 is 0 Å². The Balaban J connectivity index is 1.41. The Kier molecular flexibility index (Phi) is 4.86. The van der Waals surface area contributed by atoms with Gasteiger partial charge < -0.3 is 4.90 Å². The second-order valence-electron chi connectivity index (χ2n) is 6.70. The number of rotatable bonds is 4. The second-order valence-corrected chi connectivity index (χ2v) is 7.07. The zero-order chi connectivity index (χ0) is 17.9. The zero-order valence-corrected chi connectivity index (χ0v) is 15.8. The van der Waals surface area contributed by atoms with Crippen molar-refractivity contribution in [2.24, 2.45) is 0 Å². The molecule has 0 amide bonds. The molecule has 6 heteroatoms. The summed E-state index contributed by atoms with van der Waals surface area (Å²) in [4.78, 5) is 4.86. The zero-order valence-electron chi connectivity index (χ0n) is 15.0. The normalized spacial score (nSPS) is 15.3. The van der Waals surface area contributed by atoms with Crippen molar-refractivity contribution in [2.75, 3.05) is 31.1 Å². The lowest BCUT2D eigenvalue weighted by atomic mass is 10.2. The van der Waals surface area contributed by atoms with Gasteiger partial charge in [0, 0.05) is 37.6 Å². The third-order valence-electron chi connectivity index (χ3n) is 4.84. The number of nitrogens with zero attached hydrogens (tertiary/aromatic N) is 5. The van der Waals surface area contributed by atoms with E-state index in [1.165, 1.54) is 11.3 Å². The van der Waals surface area contributed by atoms with Gasteiger partial charge in [0.05, 0.1) is 6.67 Å². The Labute approximate surface area is 159 Å². The van der Waals surface area contributed by atoms with Gasteiger partial charge in [0.2, 0.25) is 4.77 Å². The molecule has 0 unspecified atom stereocenters. The molecule has 0 spiro atoms. The Bertz CT molecular complexity index is 923. The molecule has 4 rings (SSSR count). The van der Waals surface area contributed by atoms with Crippen LogP contribution in [0.3, 0.4) is 0 Å². The quantitative estimate of drug-likeness (QED) is 0.662. The molecule has 0 saturated carbocycles. The van der Waals surface area contributed by atoms with Gasteiger partial charge >= 0.3 is 0 Å². The van der Waals surface area contributed by atoms with E-state index in [0.717, 1.165) is 43.3 Å². The summed E-state index contributed by atoms with van der Waals surface area (Å²) in [5.41, 5.74) is 3.67. The van der Waals surface area contributed by atoms with E-state index in [1.807, 2.05) is 39.6 Å². The summed E-state index contributed by atoms with van der Waals surface area (Å²) in [6.45, 7) is 6.94. The monoisotopic (exact) mass is 365 g/mol. The van der Waals surface area contributed by atoms with Crippen molar-refractivity contribution in [1.82, 2.24) is 19.2 Å². The maximum absolute atomic E-state index is 5.62. The number of aryl methyl sites for hydroxylation is 1. The van der Waals surface area contributed by atoms with E-state index in [4.69, 9.17) is 12.2 Å². The molecule has 0 bridgehead atoms. The molecule has 1 aliphatic heterocycles. The van der Waals surface area contributed by atoms with Gasteiger partial charge in [-0.3, -0.25) is 9.47 Å². The molecule has 1 fully saturated rings. The summed E-state index contributed by atoms with van der Waals surface area (Å²) in [5, 5.41) is 4.50. The van der Waals surface area contributed by atoms with Crippen molar-refractivity contribution in [2.45, 2.75) is 13.6 Å². The van der Waals surface area contributed by atoms with Crippen LogP contribution < -0.4 is 4.90 Å². The van der Waals surface area contributed by atoms with E-state index >= 15 is 0 Å². The SMILES string of the molecule is Cc1cccc(N2CCN(Cn3ncn(-c4ccccc4)c3=S)CC2)c1. The highest BCUT2D eigenvalue weighted by molar-refractivity contribution is 7.71. The maximum atomic E-state index is 5.62. The maximum Gasteiger partial charge on any atom is 0.203 e. The van der Waals surface area contributed by atoms with Crippen LogP contribution in [0, 0.1) is 11.7 Å². The Hall–Kier alpha value is -2.44. The molecule has 1 saturated heterocycles. The Morgan fingerprint density at radius 3 is 2.38 bits per heavy atom. The van der Waals surface area contributed by atoms with Crippen LogP contribution in [0.25, 0.3) is 5.69 Å². The molecule has 1 aromatic heterocycles. The van der Waals surface area contributed by atoms with Crippen LogP contribution in [0.15, 0.2) is 60.9 Å². The van der Waals surface area contributed by atoms with Crippen LogP contribution in [-0.2, 0) is 6.67 Å². The first kappa shape index (κ1) is 17.0. The van der Waals surface area contributed by atoms with Crippen molar-refractivity contribution >= 4 is 17.9 Å². The van der Waals surface area contributed by atoms with Gasteiger partial charge in [-0.1, -0.05) is 30.3 Å². The molecule has 0 radical (unpaired) electrons. The lowest BCUT2D eigenvalue weighted by molar-refractivity contribution is 0.194. The van der Waals surface area contributed by atoms with Gasteiger partial charge in [-0.05, 0) is 49.0 Å². The smallest absolute Gasteiger partial charge is 0.203 e. The first-order chi connectivity index (χ1) is 12.7. The number of aromatic nitrogens is 3. The Morgan fingerprint density at radius 1 is 0.923 bits per heavy atom. The fourth-order valence-corrected chi connectivity index (χ4v) is 3.62. The molecule has 3 aromatic rings. The highest BCUT2D eigenvalue weighted by atomic mass is 32.1. The first-order valence-electron chi connectivity index (χ1n) is 8.94. The number of hydrogen-bond donors (Lipinski definition) is 0. The van der Waals surface area contributed by atoms with Crippen molar-refractivity contribution in [3.05, 3.63) is 71.3 Å². The van der Waals surface area contributed by atoms with Crippen molar-refractivity contribution in [3.8, 4) is 5.69 Å². The number of piperazine rings is 1. The average molecular weight is 366 g/mol. The highest BCUT2D eigenvalue weighted by Crippen LogP contribution is 2.18. The second kappa shape index (κ2) is 7.43. The van der Waals surface area contributed by atoms with Crippen LogP contribution in [0.1, 0.15) is 5.56 Å². The molecular formula is C20H23N5S. The van der Waals surface area contributed by atoms with E-state index in [2.05, 4.69) is 46.1 Å². The standard InChI is InChI=1S/C20H23N5S/c1-17-6-5-9-19(14-17)23-12-10-22(11-13-23)16-25-20(26)24(15-21-25)18-7-3-2-4-8-18/h2-9,14-15H,10-13,16H2,1H3. The van der Waals surface area contributed by atoms with Gasteiger partial charge in [-0.25, -0.2) is 4.68 Å². The largest absolute Gasteiger partial charge is 0.369 e. The number of anilines is 1. The summed E-state index contributed by atoms with van der Waals surface area (Å²) in [5.74, 6) is 0. The van der Waals surface area contributed by atoms with Gasteiger partial charge in [0.25, 0.3) is 0 Å². The predicted octanol–water partition coefficient (Wildman–Crippen LogP) is 3.49. The van der Waals surface area contributed by atoms with Crippen LogP contribution in [0.4, 0.5) is 5.69 Å². The molecule has 0 N–H and O–H groups in total. The van der Waals surface area contributed by atoms with Crippen LogP contribution in [0.5, 0.6) is 0 Å². The lowest BCUT2D eigenvalue weighted by Gasteiger charge is -2.36.